The van der Waals surface area contributed by atoms with Gasteiger partial charge in [-0.3, -0.25) is 4.90 Å². The summed E-state index contributed by atoms with van der Waals surface area (Å²) in [7, 11) is 0. The summed E-state index contributed by atoms with van der Waals surface area (Å²) >= 11 is 5.88. The van der Waals surface area contributed by atoms with E-state index in [2.05, 4.69) is 4.90 Å². The third-order valence-corrected chi connectivity index (χ3v) is 4.73. The maximum absolute atomic E-state index is 10.6. The average molecular weight is 296 g/mol. The van der Waals surface area contributed by atoms with Crippen LogP contribution in [0.2, 0.25) is 5.02 Å². The van der Waals surface area contributed by atoms with Gasteiger partial charge in [-0.2, -0.15) is 0 Å². The Hall–Kier alpha value is -0.770. The summed E-state index contributed by atoms with van der Waals surface area (Å²) < 4.78 is 5.98. The topological polar surface area (TPSA) is 32.7 Å². The van der Waals surface area contributed by atoms with E-state index >= 15 is 0 Å². The molecule has 2 aliphatic rings. The molecule has 1 saturated heterocycles. The lowest BCUT2D eigenvalue weighted by Crippen LogP contribution is -2.52. The maximum Gasteiger partial charge on any atom is 0.126 e. The zero-order valence-electron chi connectivity index (χ0n) is 11.7. The first-order chi connectivity index (χ1) is 9.74. The molecule has 1 aromatic carbocycles. The summed E-state index contributed by atoms with van der Waals surface area (Å²) in [6.07, 6.45) is 5.15. The molecule has 0 bridgehead atoms. The van der Waals surface area contributed by atoms with Crippen LogP contribution < -0.4 is 4.74 Å². The van der Waals surface area contributed by atoms with Crippen molar-refractivity contribution in [2.45, 2.75) is 50.4 Å². The van der Waals surface area contributed by atoms with Crippen molar-refractivity contribution in [2.24, 2.45) is 0 Å². The van der Waals surface area contributed by atoms with Gasteiger partial charge < -0.3 is 9.84 Å². The van der Waals surface area contributed by atoms with Gasteiger partial charge in [0.2, 0.25) is 0 Å². The molecule has 20 heavy (non-hydrogen) atoms. The number of hydrogen-bond donors (Lipinski definition) is 1. The summed E-state index contributed by atoms with van der Waals surface area (Å²) in [5.74, 6) is 0.792. The monoisotopic (exact) mass is 295 g/mol. The highest BCUT2D eigenvalue weighted by Crippen LogP contribution is 2.29. The summed E-state index contributed by atoms with van der Waals surface area (Å²) in [5, 5.41) is 11.3. The standard InChI is InChI=1S/C16H22ClNO2/c17-12-6-8-13(9-7-12)20-15-5-3-4-14(16(15)19)18-10-1-2-11-18/h6-9,14-16,19H,1-5,10-11H2/t14-,15+,16+/m0/s1. The molecule has 1 aromatic rings. The van der Waals surface area contributed by atoms with Gasteiger partial charge in [-0.1, -0.05) is 11.6 Å². The van der Waals surface area contributed by atoms with E-state index in [-0.39, 0.29) is 12.1 Å². The molecule has 1 saturated carbocycles. The Labute approximate surface area is 125 Å². The normalized spacial score (nSPS) is 31.4. The molecule has 1 aliphatic carbocycles. The molecule has 0 amide bonds. The van der Waals surface area contributed by atoms with Crippen molar-refractivity contribution in [3.05, 3.63) is 29.3 Å². The quantitative estimate of drug-likeness (QED) is 0.930. The van der Waals surface area contributed by atoms with Crippen LogP contribution >= 0.6 is 11.6 Å². The molecule has 110 valence electrons. The highest BCUT2D eigenvalue weighted by Gasteiger charge is 2.37. The Morgan fingerprint density at radius 3 is 2.45 bits per heavy atom. The molecule has 4 heteroatoms. The molecular formula is C16H22ClNO2. The number of hydrogen-bond acceptors (Lipinski definition) is 3. The van der Waals surface area contributed by atoms with E-state index in [0.29, 0.717) is 5.02 Å². The first kappa shape index (κ1) is 14.2. The minimum Gasteiger partial charge on any atom is -0.488 e. The fourth-order valence-corrected chi connectivity index (χ4v) is 3.53. The second-order valence-electron chi connectivity index (χ2n) is 5.84. The zero-order chi connectivity index (χ0) is 13.9. The number of halogens is 1. The largest absolute Gasteiger partial charge is 0.488 e. The lowest BCUT2D eigenvalue weighted by atomic mass is 9.89. The van der Waals surface area contributed by atoms with Gasteiger partial charge in [0.05, 0.1) is 0 Å². The van der Waals surface area contributed by atoms with Crippen molar-refractivity contribution in [1.29, 1.82) is 0 Å². The van der Waals surface area contributed by atoms with Gasteiger partial charge in [0, 0.05) is 11.1 Å². The molecule has 0 spiro atoms. The number of likely N-dealkylation sites (tertiary alicyclic amines) is 1. The van der Waals surface area contributed by atoms with Gasteiger partial charge in [-0.05, 0) is 69.5 Å². The van der Waals surface area contributed by atoms with E-state index in [9.17, 15) is 5.11 Å². The molecular weight excluding hydrogens is 274 g/mol. The van der Waals surface area contributed by atoms with Crippen LogP contribution in [0, 0.1) is 0 Å². The fourth-order valence-electron chi connectivity index (χ4n) is 3.41. The first-order valence-electron chi connectivity index (χ1n) is 7.58. The molecule has 3 rings (SSSR count). The summed E-state index contributed by atoms with van der Waals surface area (Å²) in [6.45, 7) is 2.24. The van der Waals surface area contributed by atoms with E-state index < -0.39 is 6.10 Å². The smallest absolute Gasteiger partial charge is 0.126 e. The van der Waals surface area contributed by atoms with Crippen molar-refractivity contribution in [3.8, 4) is 5.75 Å². The van der Waals surface area contributed by atoms with Crippen LogP contribution in [-0.4, -0.2) is 41.3 Å². The van der Waals surface area contributed by atoms with E-state index in [1.807, 2.05) is 24.3 Å². The van der Waals surface area contributed by atoms with Crippen LogP contribution in [0.5, 0.6) is 5.75 Å². The van der Waals surface area contributed by atoms with E-state index in [4.69, 9.17) is 16.3 Å². The molecule has 0 aromatic heterocycles. The van der Waals surface area contributed by atoms with E-state index in [1.54, 1.807) is 0 Å². The molecule has 1 N–H and O–H groups in total. The number of benzene rings is 1. The van der Waals surface area contributed by atoms with Gasteiger partial charge in [0.15, 0.2) is 0 Å². The SMILES string of the molecule is O[C@H]1[C@H](Oc2ccc(Cl)cc2)CCC[C@@H]1N1CCCC1. The predicted octanol–water partition coefficient (Wildman–Crippen LogP) is 3.10. The van der Waals surface area contributed by atoms with Crippen LogP contribution in [0.3, 0.4) is 0 Å². The number of rotatable bonds is 3. The summed E-state index contributed by atoms with van der Waals surface area (Å²) in [5.41, 5.74) is 0. The van der Waals surface area contributed by atoms with Crippen LogP contribution in [0.1, 0.15) is 32.1 Å². The van der Waals surface area contributed by atoms with Gasteiger partial charge in [0.25, 0.3) is 0 Å². The Morgan fingerprint density at radius 2 is 1.75 bits per heavy atom. The minimum absolute atomic E-state index is 0.101. The molecule has 2 fully saturated rings. The Morgan fingerprint density at radius 1 is 1.05 bits per heavy atom. The number of ether oxygens (including phenoxy) is 1. The zero-order valence-corrected chi connectivity index (χ0v) is 12.4. The van der Waals surface area contributed by atoms with Gasteiger partial charge >= 0.3 is 0 Å². The first-order valence-corrected chi connectivity index (χ1v) is 7.96. The lowest BCUT2D eigenvalue weighted by molar-refractivity contribution is -0.0479. The van der Waals surface area contributed by atoms with Crippen molar-refractivity contribution in [2.75, 3.05) is 13.1 Å². The molecule has 3 atom stereocenters. The van der Waals surface area contributed by atoms with Crippen LogP contribution in [0.25, 0.3) is 0 Å². The van der Waals surface area contributed by atoms with Crippen molar-refractivity contribution < 1.29 is 9.84 Å². The molecule has 0 unspecified atom stereocenters. The highest BCUT2D eigenvalue weighted by atomic mass is 35.5. The molecule has 0 radical (unpaired) electrons. The Bertz CT molecular complexity index is 431. The minimum atomic E-state index is -0.391. The number of aliphatic hydroxyl groups is 1. The van der Waals surface area contributed by atoms with Crippen molar-refractivity contribution in [1.82, 2.24) is 4.90 Å². The second-order valence-corrected chi connectivity index (χ2v) is 6.28. The Balaban J connectivity index is 1.65. The highest BCUT2D eigenvalue weighted by molar-refractivity contribution is 6.30. The summed E-state index contributed by atoms with van der Waals surface area (Å²) in [6, 6.07) is 7.65. The lowest BCUT2D eigenvalue weighted by Gasteiger charge is -2.39. The van der Waals surface area contributed by atoms with Crippen molar-refractivity contribution in [3.63, 3.8) is 0 Å². The van der Waals surface area contributed by atoms with Gasteiger partial charge in [-0.25, -0.2) is 0 Å². The fraction of sp³-hybridized carbons (Fsp3) is 0.625. The summed E-state index contributed by atoms with van der Waals surface area (Å²) in [4.78, 5) is 2.43. The maximum atomic E-state index is 10.6. The van der Waals surface area contributed by atoms with Crippen LogP contribution in [0.15, 0.2) is 24.3 Å². The third kappa shape index (κ3) is 3.11. The average Bonchev–Trinajstić information content (AvgIpc) is 2.97. The van der Waals surface area contributed by atoms with E-state index in [1.165, 1.54) is 12.8 Å². The second kappa shape index (κ2) is 6.33. The van der Waals surface area contributed by atoms with E-state index in [0.717, 1.165) is 38.1 Å². The van der Waals surface area contributed by atoms with Gasteiger partial charge in [0.1, 0.15) is 18.0 Å². The third-order valence-electron chi connectivity index (χ3n) is 4.47. The van der Waals surface area contributed by atoms with Crippen molar-refractivity contribution >= 4 is 11.6 Å². The predicted molar refractivity (Wildman–Crippen MR) is 80.3 cm³/mol. The molecule has 1 heterocycles. The van der Waals surface area contributed by atoms with Crippen LogP contribution in [0.4, 0.5) is 0 Å². The van der Waals surface area contributed by atoms with Gasteiger partial charge in [-0.15, -0.1) is 0 Å². The Kier molecular flexibility index (Phi) is 4.49. The molecule has 1 aliphatic heterocycles. The van der Waals surface area contributed by atoms with Crippen LogP contribution in [-0.2, 0) is 0 Å². The number of aliphatic hydroxyl groups excluding tert-OH is 1. The molecule has 3 nitrogen and oxygen atoms in total. The number of nitrogens with zero attached hydrogens (tertiary/aromatic N) is 1.